The molecule has 0 aromatic heterocycles. The van der Waals surface area contributed by atoms with Gasteiger partial charge in [0, 0.05) is 19.1 Å². The number of carboxylic acid groups (broad SMARTS) is 1. The number of carbonyl (C=O) groups excluding carboxylic acids is 1. The van der Waals surface area contributed by atoms with E-state index in [9.17, 15) is 9.59 Å². The Morgan fingerprint density at radius 1 is 1.33 bits per heavy atom. The van der Waals surface area contributed by atoms with Gasteiger partial charge in [0.1, 0.15) is 0 Å². The summed E-state index contributed by atoms with van der Waals surface area (Å²) in [5.74, 6) is -0.810. The average molecular weight is 257 g/mol. The Hall–Kier alpha value is -1.30. The molecule has 2 amide bonds. The summed E-state index contributed by atoms with van der Waals surface area (Å²) >= 11 is 0. The molecule has 6 nitrogen and oxygen atoms in total. The van der Waals surface area contributed by atoms with Crippen molar-refractivity contribution >= 4 is 12.0 Å². The maximum absolute atomic E-state index is 11.5. The molecule has 0 spiro atoms. The van der Waals surface area contributed by atoms with E-state index in [2.05, 4.69) is 10.6 Å². The van der Waals surface area contributed by atoms with E-state index >= 15 is 0 Å². The Balaban J connectivity index is 2.27. The van der Waals surface area contributed by atoms with Crippen LogP contribution in [-0.4, -0.2) is 55.2 Å². The van der Waals surface area contributed by atoms with Gasteiger partial charge < -0.3 is 20.6 Å². The van der Waals surface area contributed by atoms with Crippen molar-refractivity contribution in [1.82, 2.24) is 15.5 Å². The Morgan fingerprint density at radius 3 is 2.33 bits per heavy atom. The van der Waals surface area contributed by atoms with Gasteiger partial charge in [0.2, 0.25) is 0 Å². The van der Waals surface area contributed by atoms with Crippen LogP contribution in [0.15, 0.2) is 0 Å². The molecule has 0 saturated heterocycles. The van der Waals surface area contributed by atoms with E-state index in [1.54, 1.807) is 0 Å². The molecule has 104 valence electrons. The van der Waals surface area contributed by atoms with Crippen molar-refractivity contribution < 1.29 is 14.7 Å². The number of nitrogens with zero attached hydrogens (tertiary/aromatic N) is 1. The first kappa shape index (κ1) is 14.8. The molecule has 1 atom stereocenters. The van der Waals surface area contributed by atoms with Crippen LogP contribution in [0.4, 0.5) is 4.79 Å². The first-order valence-electron chi connectivity index (χ1n) is 6.29. The van der Waals surface area contributed by atoms with Gasteiger partial charge in [-0.25, -0.2) is 4.79 Å². The van der Waals surface area contributed by atoms with Gasteiger partial charge in [-0.15, -0.1) is 0 Å². The second-order valence-electron chi connectivity index (χ2n) is 5.32. The van der Waals surface area contributed by atoms with Crippen molar-refractivity contribution in [3.63, 3.8) is 0 Å². The van der Waals surface area contributed by atoms with Crippen molar-refractivity contribution in [2.24, 2.45) is 5.41 Å². The summed E-state index contributed by atoms with van der Waals surface area (Å²) in [4.78, 5) is 24.6. The zero-order valence-electron chi connectivity index (χ0n) is 11.3. The van der Waals surface area contributed by atoms with Gasteiger partial charge in [0.05, 0.1) is 5.41 Å². The number of hydrogen-bond acceptors (Lipinski definition) is 3. The van der Waals surface area contributed by atoms with Crippen LogP contribution in [0.5, 0.6) is 0 Å². The molecule has 1 aliphatic carbocycles. The lowest BCUT2D eigenvalue weighted by molar-refractivity contribution is -0.153. The smallest absolute Gasteiger partial charge is 0.314 e. The number of carbonyl (C=O) groups is 2. The predicted molar refractivity (Wildman–Crippen MR) is 68.5 cm³/mol. The number of carboxylic acids is 1. The SMILES string of the molecule is CC(CNC(=O)NCC1(C(=O)O)CCC1)N(C)C. The summed E-state index contributed by atoms with van der Waals surface area (Å²) in [5.41, 5.74) is -0.732. The molecule has 0 aliphatic heterocycles. The lowest BCUT2D eigenvalue weighted by Gasteiger charge is -2.37. The summed E-state index contributed by atoms with van der Waals surface area (Å²) in [6, 6.07) is -0.0517. The quantitative estimate of drug-likeness (QED) is 0.647. The van der Waals surface area contributed by atoms with Crippen LogP contribution >= 0.6 is 0 Å². The molecule has 0 heterocycles. The fraction of sp³-hybridized carbons (Fsp3) is 0.833. The van der Waals surface area contributed by atoms with Crippen molar-refractivity contribution in [2.75, 3.05) is 27.2 Å². The Morgan fingerprint density at radius 2 is 1.94 bits per heavy atom. The minimum absolute atomic E-state index is 0.213. The van der Waals surface area contributed by atoms with E-state index in [0.717, 1.165) is 6.42 Å². The molecule has 18 heavy (non-hydrogen) atoms. The molecule has 3 N–H and O–H groups in total. The first-order valence-corrected chi connectivity index (χ1v) is 6.29. The first-order chi connectivity index (χ1) is 8.37. The fourth-order valence-electron chi connectivity index (χ4n) is 1.80. The highest BCUT2D eigenvalue weighted by Crippen LogP contribution is 2.40. The van der Waals surface area contributed by atoms with Crippen molar-refractivity contribution in [1.29, 1.82) is 0 Å². The fourth-order valence-corrected chi connectivity index (χ4v) is 1.80. The van der Waals surface area contributed by atoms with E-state index in [0.29, 0.717) is 19.4 Å². The Bertz CT molecular complexity index is 314. The average Bonchev–Trinajstić information content (AvgIpc) is 2.23. The van der Waals surface area contributed by atoms with Crippen LogP contribution in [0, 0.1) is 5.41 Å². The number of rotatable bonds is 6. The minimum Gasteiger partial charge on any atom is -0.481 e. The van der Waals surface area contributed by atoms with E-state index in [1.165, 1.54) is 0 Å². The number of amides is 2. The normalized spacial score (nSPS) is 18.9. The highest BCUT2D eigenvalue weighted by molar-refractivity contribution is 5.78. The van der Waals surface area contributed by atoms with Gasteiger partial charge in [0.25, 0.3) is 0 Å². The summed E-state index contributed by atoms with van der Waals surface area (Å²) in [7, 11) is 3.88. The van der Waals surface area contributed by atoms with Crippen LogP contribution in [0.3, 0.4) is 0 Å². The third-order valence-corrected chi connectivity index (χ3v) is 3.79. The molecule has 0 aromatic rings. The van der Waals surface area contributed by atoms with Crippen LogP contribution in [0.2, 0.25) is 0 Å². The number of nitrogens with one attached hydrogen (secondary N) is 2. The van der Waals surface area contributed by atoms with Crippen molar-refractivity contribution in [2.45, 2.75) is 32.2 Å². The third-order valence-electron chi connectivity index (χ3n) is 3.79. The highest BCUT2D eigenvalue weighted by Gasteiger charge is 2.44. The van der Waals surface area contributed by atoms with Gasteiger partial charge in [-0.2, -0.15) is 0 Å². The number of urea groups is 1. The molecule has 0 aromatic carbocycles. The zero-order chi connectivity index (χ0) is 13.8. The molecule has 0 radical (unpaired) electrons. The van der Waals surface area contributed by atoms with E-state index in [1.807, 2.05) is 25.9 Å². The summed E-state index contributed by atoms with van der Waals surface area (Å²) < 4.78 is 0. The second-order valence-corrected chi connectivity index (χ2v) is 5.32. The zero-order valence-corrected chi connectivity index (χ0v) is 11.3. The minimum atomic E-state index is -0.810. The molecule has 1 rings (SSSR count). The topological polar surface area (TPSA) is 81.7 Å². The molecule has 1 aliphatic rings. The van der Waals surface area contributed by atoms with Gasteiger partial charge in [-0.1, -0.05) is 6.42 Å². The maximum atomic E-state index is 11.5. The lowest BCUT2D eigenvalue weighted by atomic mass is 9.69. The lowest BCUT2D eigenvalue weighted by Crippen LogP contribution is -2.51. The van der Waals surface area contributed by atoms with Crippen LogP contribution in [-0.2, 0) is 4.79 Å². The van der Waals surface area contributed by atoms with Crippen LogP contribution in [0.25, 0.3) is 0 Å². The van der Waals surface area contributed by atoms with Crippen molar-refractivity contribution in [3.8, 4) is 0 Å². The second kappa shape index (κ2) is 6.04. The van der Waals surface area contributed by atoms with E-state index in [4.69, 9.17) is 5.11 Å². The van der Waals surface area contributed by atoms with Crippen molar-refractivity contribution in [3.05, 3.63) is 0 Å². The molecular formula is C12H23N3O3. The van der Waals surface area contributed by atoms with Crippen LogP contribution < -0.4 is 10.6 Å². The maximum Gasteiger partial charge on any atom is 0.314 e. The van der Waals surface area contributed by atoms with Gasteiger partial charge in [0.15, 0.2) is 0 Å². The monoisotopic (exact) mass is 257 g/mol. The van der Waals surface area contributed by atoms with Gasteiger partial charge in [-0.05, 0) is 33.9 Å². The molecule has 6 heteroatoms. The molecule has 1 saturated carbocycles. The number of likely N-dealkylation sites (N-methyl/N-ethyl adjacent to an activating group) is 1. The summed E-state index contributed by atoms with van der Waals surface area (Å²) in [5, 5.41) is 14.5. The standard InChI is InChI=1S/C12H23N3O3/c1-9(15(2)3)7-13-11(18)14-8-12(10(16)17)5-4-6-12/h9H,4-8H2,1-3H3,(H,16,17)(H2,13,14,18). The predicted octanol–water partition coefficient (Wildman–Crippen LogP) is 0.491. The Kier molecular flexibility index (Phi) is 4.95. The molecule has 1 fully saturated rings. The van der Waals surface area contributed by atoms with Gasteiger partial charge >= 0.3 is 12.0 Å². The van der Waals surface area contributed by atoms with E-state index in [-0.39, 0.29) is 18.6 Å². The number of aliphatic carboxylic acids is 1. The molecule has 0 bridgehead atoms. The van der Waals surface area contributed by atoms with E-state index < -0.39 is 11.4 Å². The molecule has 1 unspecified atom stereocenters. The Labute approximate surface area is 108 Å². The molecular weight excluding hydrogens is 234 g/mol. The summed E-state index contributed by atoms with van der Waals surface area (Å²) in [6.07, 6.45) is 2.22. The highest BCUT2D eigenvalue weighted by atomic mass is 16.4. The largest absolute Gasteiger partial charge is 0.481 e. The number of hydrogen-bond donors (Lipinski definition) is 3. The third kappa shape index (κ3) is 3.60. The van der Waals surface area contributed by atoms with Gasteiger partial charge in [-0.3, -0.25) is 4.79 Å². The summed E-state index contributed by atoms with van der Waals surface area (Å²) in [6.45, 7) is 2.76. The van der Waals surface area contributed by atoms with Crippen LogP contribution in [0.1, 0.15) is 26.2 Å².